The molecule has 2 unspecified atom stereocenters. The second-order valence-corrected chi connectivity index (χ2v) is 4.93. The van der Waals surface area contributed by atoms with E-state index in [4.69, 9.17) is 4.74 Å². The van der Waals surface area contributed by atoms with Gasteiger partial charge in [-0.1, -0.05) is 12.1 Å². The molecule has 1 aromatic rings. The first-order valence-electron chi connectivity index (χ1n) is 6.26. The van der Waals surface area contributed by atoms with E-state index in [0.717, 1.165) is 5.56 Å². The van der Waals surface area contributed by atoms with Crippen LogP contribution in [-0.2, 0) is 14.3 Å². The van der Waals surface area contributed by atoms with E-state index < -0.39 is 11.6 Å². The number of benzene rings is 1. The van der Waals surface area contributed by atoms with Gasteiger partial charge in [-0.25, -0.2) is 0 Å². The smallest absolute Gasteiger partial charge is 0.268 e. The molecule has 1 aliphatic rings. The zero-order valence-corrected chi connectivity index (χ0v) is 11.3. The van der Waals surface area contributed by atoms with Gasteiger partial charge in [-0.2, -0.15) is 0 Å². The zero-order valence-electron chi connectivity index (χ0n) is 11.3. The number of phenols is 1. The number of Topliss-reactive ketones (excluding diaryl/α,β-unsaturated/α-hetero) is 2. The van der Waals surface area contributed by atoms with Crippen LogP contribution in [0.5, 0.6) is 5.75 Å². The molecular weight excluding hydrogens is 260 g/mol. The number of hydrogen-bond acceptors (Lipinski definition) is 5. The third kappa shape index (κ3) is 2.72. The summed E-state index contributed by atoms with van der Waals surface area (Å²) in [6, 6.07) is 6.39. The van der Waals surface area contributed by atoms with Gasteiger partial charge in [0, 0.05) is 26.2 Å². The second kappa shape index (κ2) is 5.09. The normalized spacial score (nSPS) is 25.6. The molecule has 1 aliphatic heterocycles. The number of rotatable bonds is 3. The Morgan fingerprint density at radius 3 is 2.35 bits per heavy atom. The summed E-state index contributed by atoms with van der Waals surface area (Å²) in [5, 5.41) is 19.5. The van der Waals surface area contributed by atoms with Crippen LogP contribution in [0.2, 0.25) is 0 Å². The molecule has 0 saturated carbocycles. The van der Waals surface area contributed by atoms with Crippen LogP contribution in [-0.4, -0.2) is 27.6 Å². The maximum Gasteiger partial charge on any atom is 0.268 e. The van der Waals surface area contributed by atoms with Gasteiger partial charge in [-0.15, -0.1) is 0 Å². The SMILES string of the molecule is CC(=O)C1=CC(c2ccc(O)cc2)CC(O)(C(C)=O)O1. The minimum absolute atomic E-state index is 0.0213. The third-order valence-electron chi connectivity index (χ3n) is 3.35. The summed E-state index contributed by atoms with van der Waals surface area (Å²) in [6.45, 7) is 2.53. The van der Waals surface area contributed by atoms with Gasteiger partial charge in [0.25, 0.3) is 5.79 Å². The molecule has 0 saturated heterocycles. The lowest BCUT2D eigenvalue weighted by Crippen LogP contribution is -2.44. The van der Waals surface area contributed by atoms with Gasteiger partial charge < -0.3 is 14.9 Å². The molecular formula is C15H16O5. The number of allylic oxidation sites excluding steroid dienone is 2. The van der Waals surface area contributed by atoms with Crippen molar-refractivity contribution in [2.45, 2.75) is 32.0 Å². The van der Waals surface area contributed by atoms with Gasteiger partial charge in [0.05, 0.1) is 0 Å². The molecule has 1 aromatic carbocycles. The zero-order chi connectivity index (χ0) is 14.9. The highest BCUT2D eigenvalue weighted by Crippen LogP contribution is 2.36. The summed E-state index contributed by atoms with van der Waals surface area (Å²) in [4.78, 5) is 23.1. The Bertz CT molecular complexity index is 572. The van der Waals surface area contributed by atoms with Crippen LogP contribution >= 0.6 is 0 Å². The van der Waals surface area contributed by atoms with Gasteiger partial charge in [0.15, 0.2) is 11.5 Å². The summed E-state index contributed by atoms with van der Waals surface area (Å²) in [5.41, 5.74) is 0.782. The van der Waals surface area contributed by atoms with E-state index in [9.17, 15) is 19.8 Å². The quantitative estimate of drug-likeness (QED) is 0.877. The Hall–Kier alpha value is -2.14. The molecule has 0 amide bonds. The highest BCUT2D eigenvalue weighted by Gasteiger charge is 2.42. The van der Waals surface area contributed by atoms with Crippen molar-refractivity contribution < 1.29 is 24.5 Å². The van der Waals surface area contributed by atoms with Crippen molar-refractivity contribution in [3.05, 3.63) is 41.7 Å². The monoisotopic (exact) mass is 276 g/mol. The van der Waals surface area contributed by atoms with Gasteiger partial charge in [0.2, 0.25) is 5.78 Å². The molecule has 0 fully saturated rings. The molecule has 2 atom stereocenters. The number of carbonyl (C=O) groups is 2. The molecule has 20 heavy (non-hydrogen) atoms. The fraction of sp³-hybridized carbons (Fsp3) is 0.333. The van der Waals surface area contributed by atoms with Crippen LogP contribution < -0.4 is 0 Å². The van der Waals surface area contributed by atoms with Crippen molar-refractivity contribution in [1.29, 1.82) is 0 Å². The summed E-state index contributed by atoms with van der Waals surface area (Å²) in [5.74, 6) is -3.12. The van der Waals surface area contributed by atoms with Crippen molar-refractivity contribution >= 4 is 11.6 Å². The highest BCUT2D eigenvalue weighted by molar-refractivity contribution is 5.93. The molecule has 0 aromatic heterocycles. The number of aliphatic hydroxyl groups is 1. The Morgan fingerprint density at radius 1 is 1.25 bits per heavy atom. The number of carbonyl (C=O) groups excluding carboxylic acids is 2. The first-order chi connectivity index (χ1) is 9.32. The molecule has 2 N–H and O–H groups in total. The Morgan fingerprint density at radius 2 is 1.85 bits per heavy atom. The molecule has 106 valence electrons. The standard InChI is InChI=1S/C15H16O5/c1-9(16)14-7-12(8-15(19,20-14)10(2)17)11-3-5-13(18)6-4-11/h3-7,12,18-19H,8H2,1-2H3. The molecule has 0 bridgehead atoms. The van der Waals surface area contributed by atoms with Gasteiger partial charge in [0.1, 0.15) is 5.75 Å². The van der Waals surface area contributed by atoms with Crippen LogP contribution in [0.4, 0.5) is 0 Å². The fourth-order valence-electron chi connectivity index (χ4n) is 2.14. The van der Waals surface area contributed by atoms with Crippen molar-refractivity contribution in [3.63, 3.8) is 0 Å². The van der Waals surface area contributed by atoms with E-state index in [1.165, 1.54) is 26.0 Å². The predicted octanol–water partition coefficient (Wildman–Crippen LogP) is 1.65. The summed E-state index contributed by atoms with van der Waals surface area (Å²) < 4.78 is 5.14. The maximum atomic E-state index is 11.6. The number of aromatic hydroxyl groups is 1. The Kier molecular flexibility index (Phi) is 3.63. The topological polar surface area (TPSA) is 83.8 Å². The lowest BCUT2D eigenvalue weighted by atomic mass is 9.87. The van der Waals surface area contributed by atoms with Crippen molar-refractivity contribution in [3.8, 4) is 5.75 Å². The molecule has 2 rings (SSSR count). The molecule has 0 aliphatic carbocycles. The predicted molar refractivity (Wildman–Crippen MR) is 70.9 cm³/mol. The Labute approximate surface area is 116 Å². The molecule has 0 spiro atoms. The number of hydrogen-bond donors (Lipinski definition) is 2. The number of ether oxygens (including phenoxy) is 1. The van der Waals surface area contributed by atoms with Gasteiger partial charge >= 0.3 is 0 Å². The van der Waals surface area contributed by atoms with Gasteiger partial charge in [-0.3, -0.25) is 9.59 Å². The summed E-state index contributed by atoms with van der Waals surface area (Å²) >= 11 is 0. The van der Waals surface area contributed by atoms with Crippen molar-refractivity contribution in [1.82, 2.24) is 0 Å². The Balaban J connectivity index is 2.41. The van der Waals surface area contributed by atoms with Crippen molar-refractivity contribution in [2.75, 3.05) is 0 Å². The van der Waals surface area contributed by atoms with E-state index in [2.05, 4.69) is 0 Å². The number of ketones is 2. The molecule has 1 heterocycles. The van der Waals surface area contributed by atoms with Crippen LogP contribution in [0.15, 0.2) is 36.1 Å². The average molecular weight is 276 g/mol. The minimum Gasteiger partial charge on any atom is -0.508 e. The lowest BCUT2D eigenvalue weighted by molar-refractivity contribution is -0.196. The van der Waals surface area contributed by atoms with Crippen LogP contribution in [0.3, 0.4) is 0 Å². The molecule has 0 radical (unpaired) electrons. The van der Waals surface area contributed by atoms with E-state index in [0.29, 0.717) is 0 Å². The number of phenolic OH excluding ortho intramolecular Hbond substituents is 1. The maximum absolute atomic E-state index is 11.6. The lowest BCUT2D eigenvalue weighted by Gasteiger charge is -2.34. The highest BCUT2D eigenvalue weighted by atomic mass is 16.6. The van der Waals surface area contributed by atoms with E-state index in [1.54, 1.807) is 18.2 Å². The summed E-state index contributed by atoms with van der Waals surface area (Å²) in [7, 11) is 0. The second-order valence-electron chi connectivity index (χ2n) is 4.93. The van der Waals surface area contributed by atoms with Gasteiger partial charge in [-0.05, 0) is 23.8 Å². The van der Waals surface area contributed by atoms with Crippen LogP contribution in [0, 0.1) is 0 Å². The van der Waals surface area contributed by atoms with Crippen LogP contribution in [0.1, 0.15) is 31.7 Å². The van der Waals surface area contributed by atoms with Crippen LogP contribution in [0.25, 0.3) is 0 Å². The molecule has 5 nitrogen and oxygen atoms in total. The minimum atomic E-state index is -1.99. The fourth-order valence-corrected chi connectivity index (χ4v) is 2.14. The first kappa shape index (κ1) is 14.3. The van der Waals surface area contributed by atoms with E-state index in [-0.39, 0.29) is 29.6 Å². The van der Waals surface area contributed by atoms with Crippen molar-refractivity contribution in [2.24, 2.45) is 0 Å². The largest absolute Gasteiger partial charge is 0.508 e. The van der Waals surface area contributed by atoms with E-state index in [1.807, 2.05) is 0 Å². The molecule has 5 heteroatoms. The third-order valence-corrected chi connectivity index (χ3v) is 3.35. The first-order valence-corrected chi connectivity index (χ1v) is 6.26. The summed E-state index contributed by atoms with van der Waals surface area (Å²) in [6.07, 6.45) is 1.62. The average Bonchev–Trinajstić information content (AvgIpc) is 2.38. The van der Waals surface area contributed by atoms with E-state index >= 15 is 0 Å².